The predicted molar refractivity (Wildman–Crippen MR) is 120 cm³/mol. The number of benzene rings is 3. The van der Waals surface area contributed by atoms with Crippen LogP contribution >= 0.6 is 0 Å². The predicted octanol–water partition coefficient (Wildman–Crippen LogP) is 5.29. The van der Waals surface area contributed by atoms with Crippen LogP contribution in [0.25, 0.3) is 11.1 Å². The van der Waals surface area contributed by atoms with Gasteiger partial charge in [0.15, 0.2) is 6.10 Å². The third-order valence-corrected chi connectivity index (χ3v) is 4.98. The summed E-state index contributed by atoms with van der Waals surface area (Å²) in [6.45, 7) is 5.49. The number of carbonyl (C=O) groups is 1. The largest absolute Gasteiger partial charge is 0.497 e. The highest BCUT2D eigenvalue weighted by molar-refractivity contribution is 5.95. The molecule has 7 nitrogen and oxygen atoms in total. The summed E-state index contributed by atoms with van der Waals surface area (Å²) < 4.78 is 11.1. The van der Waals surface area contributed by atoms with Crippen LogP contribution in [0.5, 0.6) is 11.5 Å². The number of rotatable bonds is 7. The third kappa shape index (κ3) is 5.01. The molecule has 3 aromatic rings. The van der Waals surface area contributed by atoms with Crippen LogP contribution < -0.4 is 14.8 Å². The van der Waals surface area contributed by atoms with E-state index >= 15 is 0 Å². The zero-order valence-electron chi connectivity index (χ0n) is 17.8. The van der Waals surface area contributed by atoms with Gasteiger partial charge in [0.2, 0.25) is 0 Å². The molecular weight excluding hydrogens is 396 g/mol. The maximum absolute atomic E-state index is 12.8. The zero-order valence-corrected chi connectivity index (χ0v) is 17.8. The number of hydrogen-bond acceptors (Lipinski definition) is 5. The lowest BCUT2D eigenvalue weighted by Gasteiger charge is -2.19. The molecule has 0 aliphatic carbocycles. The molecule has 0 fully saturated rings. The molecule has 0 spiro atoms. The van der Waals surface area contributed by atoms with Gasteiger partial charge in [0.05, 0.1) is 12.0 Å². The zero-order chi connectivity index (χ0) is 22.5. The molecule has 0 bridgehead atoms. The highest BCUT2D eigenvalue weighted by Crippen LogP contribution is 2.35. The molecule has 0 saturated heterocycles. The van der Waals surface area contributed by atoms with E-state index in [0.717, 1.165) is 16.8 Å². The van der Waals surface area contributed by atoms with E-state index in [1.54, 1.807) is 38.3 Å². The molecular formula is C24H24N2O5. The number of nitro benzene ring substituents is 1. The van der Waals surface area contributed by atoms with Crippen molar-refractivity contribution in [1.29, 1.82) is 0 Å². The Morgan fingerprint density at radius 3 is 2.26 bits per heavy atom. The van der Waals surface area contributed by atoms with Gasteiger partial charge in [0.25, 0.3) is 11.6 Å². The van der Waals surface area contributed by atoms with Gasteiger partial charge in [-0.05, 0) is 55.7 Å². The summed E-state index contributed by atoms with van der Waals surface area (Å²) in [6.07, 6.45) is -0.822. The lowest BCUT2D eigenvalue weighted by Crippen LogP contribution is -2.30. The van der Waals surface area contributed by atoms with E-state index in [1.165, 1.54) is 18.2 Å². The Labute approximate surface area is 180 Å². The first-order valence-corrected chi connectivity index (χ1v) is 9.76. The van der Waals surface area contributed by atoms with Crippen molar-refractivity contribution < 1.29 is 19.2 Å². The lowest BCUT2D eigenvalue weighted by molar-refractivity contribution is -0.384. The van der Waals surface area contributed by atoms with Crippen LogP contribution in [0.15, 0.2) is 60.7 Å². The van der Waals surface area contributed by atoms with Gasteiger partial charge in [-0.25, -0.2) is 0 Å². The van der Waals surface area contributed by atoms with E-state index in [4.69, 9.17) is 9.47 Å². The van der Waals surface area contributed by atoms with Gasteiger partial charge < -0.3 is 14.8 Å². The monoisotopic (exact) mass is 420 g/mol. The van der Waals surface area contributed by atoms with Crippen molar-refractivity contribution in [2.24, 2.45) is 0 Å². The minimum absolute atomic E-state index is 0.0641. The molecule has 3 rings (SSSR count). The molecule has 1 N–H and O–H groups in total. The third-order valence-electron chi connectivity index (χ3n) is 4.98. The fourth-order valence-corrected chi connectivity index (χ4v) is 3.21. The summed E-state index contributed by atoms with van der Waals surface area (Å²) in [5.41, 5.74) is 3.82. The number of aryl methyl sites for hydroxylation is 2. The van der Waals surface area contributed by atoms with Crippen LogP contribution in [-0.4, -0.2) is 24.0 Å². The van der Waals surface area contributed by atoms with Gasteiger partial charge in [0, 0.05) is 23.4 Å². The van der Waals surface area contributed by atoms with Crippen LogP contribution in [0.2, 0.25) is 0 Å². The standard InChI is InChI=1S/C24H24N2O5/c1-15-6-5-7-16(2)23(15)25-24(27)17(3)31-22-13-10-19(26(28)29)14-21(22)18-8-11-20(30-4)12-9-18/h5-14,17H,1-4H3,(H,25,27)/t17-/m0/s1. The minimum atomic E-state index is -0.822. The number of nitrogens with one attached hydrogen (secondary N) is 1. The van der Waals surface area contributed by atoms with Gasteiger partial charge in [-0.1, -0.05) is 30.3 Å². The van der Waals surface area contributed by atoms with Crippen LogP contribution in [0.4, 0.5) is 11.4 Å². The Bertz CT molecular complexity index is 1090. The number of ether oxygens (including phenoxy) is 2. The summed E-state index contributed by atoms with van der Waals surface area (Å²) in [4.78, 5) is 23.6. The highest BCUT2D eigenvalue weighted by Gasteiger charge is 2.20. The van der Waals surface area contributed by atoms with Crippen LogP contribution in [0.3, 0.4) is 0 Å². The first kappa shape index (κ1) is 21.8. The van der Waals surface area contributed by atoms with Crippen LogP contribution in [0, 0.1) is 24.0 Å². The summed E-state index contributed by atoms with van der Waals surface area (Å²) in [7, 11) is 1.56. The molecule has 1 atom stereocenters. The Hall–Kier alpha value is -3.87. The summed E-state index contributed by atoms with van der Waals surface area (Å²) in [6, 6.07) is 17.2. The van der Waals surface area contributed by atoms with E-state index in [2.05, 4.69) is 5.32 Å². The fourth-order valence-electron chi connectivity index (χ4n) is 3.21. The second-order valence-electron chi connectivity index (χ2n) is 7.18. The Balaban J connectivity index is 1.89. The van der Waals surface area contributed by atoms with Crippen molar-refractivity contribution in [3.05, 3.63) is 81.9 Å². The van der Waals surface area contributed by atoms with Crippen molar-refractivity contribution >= 4 is 17.3 Å². The van der Waals surface area contributed by atoms with Crippen molar-refractivity contribution in [3.8, 4) is 22.6 Å². The van der Waals surface area contributed by atoms with Crippen LogP contribution in [0.1, 0.15) is 18.1 Å². The molecule has 0 heterocycles. The molecule has 0 aliphatic rings. The number of nitrogens with zero attached hydrogens (tertiary/aromatic N) is 1. The maximum Gasteiger partial charge on any atom is 0.270 e. The lowest BCUT2D eigenvalue weighted by atomic mass is 10.0. The number of amides is 1. The van der Waals surface area contributed by atoms with Crippen molar-refractivity contribution in [2.45, 2.75) is 26.9 Å². The Morgan fingerprint density at radius 1 is 1.03 bits per heavy atom. The molecule has 0 aliphatic heterocycles. The molecule has 0 saturated carbocycles. The van der Waals surface area contributed by atoms with E-state index in [-0.39, 0.29) is 11.6 Å². The maximum atomic E-state index is 12.8. The average Bonchev–Trinajstić information content (AvgIpc) is 2.76. The molecule has 31 heavy (non-hydrogen) atoms. The van der Waals surface area contributed by atoms with Gasteiger partial charge in [-0.3, -0.25) is 14.9 Å². The quantitative estimate of drug-likeness (QED) is 0.414. The van der Waals surface area contributed by atoms with Crippen molar-refractivity contribution in [1.82, 2.24) is 0 Å². The molecule has 0 radical (unpaired) electrons. The number of nitro groups is 1. The van der Waals surface area contributed by atoms with E-state index in [0.29, 0.717) is 22.6 Å². The molecule has 0 aromatic heterocycles. The molecule has 3 aromatic carbocycles. The number of non-ortho nitro benzene ring substituents is 1. The first-order chi connectivity index (χ1) is 14.8. The number of para-hydroxylation sites is 1. The molecule has 160 valence electrons. The van der Waals surface area contributed by atoms with Gasteiger partial charge in [-0.15, -0.1) is 0 Å². The van der Waals surface area contributed by atoms with E-state index < -0.39 is 11.0 Å². The van der Waals surface area contributed by atoms with Crippen LogP contribution in [-0.2, 0) is 4.79 Å². The number of anilines is 1. The SMILES string of the molecule is COc1ccc(-c2cc([N+](=O)[O-])ccc2O[C@@H](C)C(=O)Nc2c(C)cccc2C)cc1. The summed E-state index contributed by atoms with van der Waals surface area (Å²) >= 11 is 0. The van der Waals surface area contributed by atoms with E-state index in [9.17, 15) is 14.9 Å². The second-order valence-corrected chi connectivity index (χ2v) is 7.18. The molecule has 0 unspecified atom stereocenters. The smallest absolute Gasteiger partial charge is 0.270 e. The van der Waals surface area contributed by atoms with Crippen molar-refractivity contribution in [2.75, 3.05) is 12.4 Å². The number of hydrogen-bond donors (Lipinski definition) is 1. The average molecular weight is 420 g/mol. The Morgan fingerprint density at radius 2 is 1.68 bits per heavy atom. The van der Waals surface area contributed by atoms with Gasteiger partial charge in [0.1, 0.15) is 11.5 Å². The summed E-state index contributed by atoms with van der Waals surface area (Å²) in [5.74, 6) is 0.731. The second kappa shape index (κ2) is 9.30. The van der Waals surface area contributed by atoms with E-state index in [1.807, 2.05) is 32.0 Å². The Kier molecular flexibility index (Phi) is 6.55. The fraction of sp³-hybridized carbons (Fsp3) is 0.208. The first-order valence-electron chi connectivity index (χ1n) is 9.76. The number of carbonyl (C=O) groups excluding carboxylic acids is 1. The summed E-state index contributed by atoms with van der Waals surface area (Å²) in [5, 5.41) is 14.2. The molecule has 7 heteroatoms. The highest BCUT2D eigenvalue weighted by atomic mass is 16.6. The van der Waals surface area contributed by atoms with Crippen molar-refractivity contribution in [3.63, 3.8) is 0 Å². The van der Waals surface area contributed by atoms with Gasteiger partial charge >= 0.3 is 0 Å². The number of methoxy groups -OCH3 is 1. The molecule has 1 amide bonds. The van der Waals surface area contributed by atoms with Gasteiger partial charge in [-0.2, -0.15) is 0 Å². The normalized spacial score (nSPS) is 11.5. The minimum Gasteiger partial charge on any atom is -0.497 e. The topological polar surface area (TPSA) is 90.7 Å².